The Morgan fingerprint density at radius 2 is 1.87 bits per heavy atom. The summed E-state index contributed by atoms with van der Waals surface area (Å²) in [6.07, 6.45) is 1.69. The highest BCUT2D eigenvalue weighted by molar-refractivity contribution is 5.89. The van der Waals surface area contributed by atoms with Gasteiger partial charge in [-0.2, -0.15) is 0 Å². The van der Waals surface area contributed by atoms with E-state index in [1.165, 1.54) is 9.08 Å². The van der Waals surface area contributed by atoms with E-state index in [1.807, 2.05) is 48.5 Å². The normalized spacial score (nSPS) is 10.7. The largest absolute Gasteiger partial charge is 0.497 e. The minimum absolute atomic E-state index is 0.208. The number of urea groups is 1. The highest BCUT2D eigenvalue weighted by Crippen LogP contribution is 2.13. The number of fused-ring (bicyclic) bond motifs is 1. The van der Waals surface area contributed by atoms with Crippen molar-refractivity contribution in [1.82, 2.24) is 19.5 Å². The Kier molecular flexibility index (Phi) is 5.47. The SMILES string of the molecule is COc1cccc(CNC(=O)Nc2cccc(Cn3nc4ccccn4c3=O)c2)c1. The molecule has 152 valence electrons. The molecule has 0 fully saturated rings. The van der Waals surface area contributed by atoms with Gasteiger partial charge in [0, 0.05) is 18.4 Å². The molecule has 0 aliphatic heterocycles. The molecule has 8 heteroatoms. The second-order valence-electron chi connectivity index (χ2n) is 6.73. The molecule has 0 unspecified atom stereocenters. The van der Waals surface area contributed by atoms with Crippen molar-refractivity contribution in [2.45, 2.75) is 13.1 Å². The molecule has 0 radical (unpaired) electrons. The first kappa shape index (κ1) is 19.3. The van der Waals surface area contributed by atoms with Crippen LogP contribution in [0.2, 0.25) is 0 Å². The van der Waals surface area contributed by atoms with Gasteiger partial charge in [0.15, 0.2) is 5.65 Å². The van der Waals surface area contributed by atoms with Crippen molar-refractivity contribution in [2.75, 3.05) is 12.4 Å². The third-order valence-corrected chi connectivity index (χ3v) is 4.59. The van der Waals surface area contributed by atoms with Crippen LogP contribution in [-0.2, 0) is 13.1 Å². The Hall–Kier alpha value is -4.07. The number of methoxy groups -OCH3 is 1. The van der Waals surface area contributed by atoms with Gasteiger partial charge >= 0.3 is 11.7 Å². The first-order valence-corrected chi connectivity index (χ1v) is 9.43. The maximum Gasteiger partial charge on any atom is 0.350 e. The van der Waals surface area contributed by atoms with Crippen LogP contribution >= 0.6 is 0 Å². The van der Waals surface area contributed by atoms with Crippen molar-refractivity contribution in [2.24, 2.45) is 0 Å². The lowest BCUT2D eigenvalue weighted by atomic mass is 10.2. The van der Waals surface area contributed by atoms with Crippen LogP contribution in [0, 0.1) is 0 Å². The molecule has 2 N–H and O–H groups in total. The summed E-state index contributed by atoms with van der Waals surface area (Å²) in [6, 6.07) is 19.9. The first-order chi connectivity index (χ1) is 14.6. The fourth-order valence-corrected chi connectivity index (χ4v) is 3.13. The van der Waals surface area contributed by atoms with E-state index in [0.717, 1.165) is 16.9 Å². The van der Waals surface area contributed by atoms with Crippen LogP contribution in [0.25, 0.3) is 5.65 Å². The maximum atomic E-state index is 12.4. The van der Waals surface area contributed by atoms with E-state index in [2.05, 4.69) is 15.7 Å². The van der Waals surface area contributed by atoms with E-state index in [9.17, 15) is 9.59 Å². The van der Waals surface area contributed by atoms with Gasteiger partial charge in [0.05, 0.1) is 13.7 Å². The Morgan fingerprint density at radius 1 is 1.03 bits per heavy atom. The van der Waals surface area contributed by atoms with Crippen molar-refractivity contribution in [3.63, 3.8) is 0 Å². The molecule has 0 aliphatic carbocycles. The monoisotopic (exact) mass is 403 g/mol. The van der Waals surface area contributed by atoms with Gasteiger partial charge in [-0.15, -0.1) is 5.10 Å². The maximum absolute atomic E-state index is 12.4. The second-order valence-corrected chi connectivity index (χ2v) is 6.73. The molecule has 30 heavy (non-hydrogen) atoms. The van der Waals surface area contributed by atoms with Gasteiger partial charge in [0.2, 0.25) is 0 Å². The lowest BCUT2D eigenvalue weighted by Crippen LogP contribution is -2.28. The van der Waals surface area contributed by atoms with Crippen LogP contribution in [0.4, 0.5) is 10.5 Å². The Bertz CT molecular complexity index is 1240. The summed E-state index contributed by atoms with van der Waals surface area (Å²) in [5.41, 5.74) is 2.80. The highest BCUT2D eigenvalue weighted by Gasteiger charge is 2.08. The topological polar surface area (TPSA) is 89.7 Å². The number of aromatic nitrogens is 3. The summed E-state index contributed by atoms with van der Waals surface area (Å²) in [5.74, 6) is 0.740. The summed E-state index contributed by atoms with van der Waals surface area (Å²) in [5, 5.41) is 9.96. The number of benzene rings is 2. The highest BCUT2D eigenvalue weighted by atomic mass is 16.5. The van der Waals surface area contributed by atoms with Crippen LogP contribution in [0.5, 0.6) is 5.75 Å². The summed E-state index contributed by atoms with van der Waals surface area (Å²) < 4.78 is 8.08. The van der Waals surface area contributed by atoms with Crippen LogP contribution in [-0.4, -0.2) is 27.3 Å². The molecule has 0 bridgehead atoms. The van der Waals surface area contributed by atoms with Crippen molar-refractivity contribution < 1.29 is 9.53 Å². The van der Waals surface area contributed by atoms with Gasteiger partial charge in [-0.25, -0.2) is 14.3 Å². The van der Waals surface area contributed by atoms with Gasteiger partial charge in [-0.1, -0.05) is 30.3 Å². The predicted molar refractivity (Wildman–Crippen MR) is 114 cm³/mol. The zero-order valence-electron chi connectivity index (χ0n) is 16.4. The summed E-state index contributed by atoms with van der Waals surface area (Å²) in [7, 11) is 1.60. The number of pyridine rings is 1. The van der Waals surface area contributed by atoms with Crippen molar-refractivity contribution in [3.05, 3.63) is 94.5 Å². The number of hydrogen-bond donors (Lipinski definition) is 2. The van der Waals surface area contributed by atoms with Crippen LogP contribution in [0.3, 0.4) is 0 Å². The third-order valence-electron chi connectivity index (χ3n) is 4.59. The minimum Gasteiger partial charge on any atom is -0.497 e. The molecule has 2 aromatic heterocycles. The number of nitrogens with zero attached hydrogens (tertiary/aromatic N) is 3. The van der Waals surface area contributed by atoms with Crippen LogP contribution < -0.4 is 21.1 Å². The van der Waals surface area contributed by atoms with Gasteiger partial charge in [-0.3, -0.25) is 4.40 Å². The molecular weight excluding hydrogens is 382 g/mol. The molecule has 2 heterocycles. The number of carbonyl (C=O) groups excluding carboxylic acids is 1. The van der Waals surface area contributed by atoms with Gasteiger partial charge in [0.25, 0.3) is 0 Å². The Labute approximate surface area is 172 Å². The average Bonchev–Trinajstić information content (AvgIpc) is 3.08. The van der Waals surface area contributed by atoms with Crippen LogP contribution in [0.1, 0.15) is 11.1 Å². The number of ether oxygens (including phenoxy) is 1. The van der Waals surface area contributed by atoms with Crippen LogP contribution in [0.15, 0.2) is 77.7 Å². The van der Waals surface area contributed by atoms with Gasteiger partial charge < -0.3 is 15.4 Å². The molecule has 0 saturated carbocycles. The fourth-order valence-electron chi connectivity index (χ4n) is 3.13. The Morgan fingerprint density at radius 3 is 2.70 bits per heavy atom. The molecule has 4 rings (SSSR count). The van der Waals surface area contributed by atoms with E-state index in [0.29, 0.717) is 24.4 Å². The number of carbonyl (C=O) groups is 1. The lowest BCUT2D eigenvalue weighted by molar-refractivity contribution is 0.251. The van der Waals surface area contributed by atoms with E-state index in [-0.39, 0.29) is 11.7 Å². The average molecular weight is 403 g/mol. The number of nitrogens with one attached hydrogen (secondary N) is 2. The van der Waals surface area contributed by atoms with Crippen molar-refractivity contribution >= 4 is 17.4 Å². The number of anilines is 1. The van der Waals surface area contributed by atoms with E-state index >= 15 is 0 Å². The molecule has 0 saturated heterocycles. The van der Waals surface area contributed by atoms with Gasteiger partial charge in [0.1, 0.15) is 5.75 Å². The third kappa shape index (κ3) is 4.33. The van der Waals surface area contributed by atoms with E-state index < -0.39 is 0 Å². The smallest absolute Gasteiger partial charge is 0.350 e. The first-order valence-electron chi connectivity index (χ1n) is 9.43. The fraction of sp³-hybridized carbons (Fsp3) is 0.136. The van der Waals surface area contributed by atoms with Crippen molar-refractivity contribution in [3.8, 4) is 5.75 Å². The molecule has 8 nitrogen and oxygen atoms in total. The molecule has 2 amide bonds. The second kappa shape index (κ2) is 8.52. The quantitative estimate of drug-likeness (QED) is 0.518. The molecule has 2 aromatic carbocycles. The summed E-state index contributed by atoms with van der Waals surface area (Å²) in [4.78, 5) is 24.7. The molecular formula is C22H21N5O3. The molecule has 0 atom stereocenters. The van der Waals surface area contributed by atoms with Gasteiger partial charge in [-0.05, 0) is 47.5 Å². The summed E-state index contributed by atoms with van der Waals surface area (Å²) in [6.45, 7) is 0.681. The minimum atomic E-state index is -0.320. The molecule has 4 aromatic rings. The standard InChI is InChI=1S/C22H21N5O3/c1-30-19-9-5-6-16(13-19)14-23-21(28)24-18-8-4-7-17(12-18)15-27-22(29)26-11-3-2-10-20(26)25-27/h2-13H,14-15H2,1H3,(H2,23,24,28). The van der Waals surface area contributed by atoms with Crippen molar-refractivity contribution in [1.29, 1.82) is 0 Å². The predicted octanol–water partition coefficient (Wildman–Crippen LogP) is 2.87. The zero-order chi connectivity index (χ0) is 20.9. The lowest BCUT2D eigenvalue weighted by Gasteiger charge is -2.10. The number of amides is 2. The number of rotatable bonds is 6. The number of hydrogen-bond acceptors (Lipinski definition) is 4. The van der Waals surface area contributed by atoms with E-state index in [1.54, 1.807) is 31.5 Å². The molecule has 0 aliphatic rings. The Balaban J connectivity index is 1.40. The van der Waals surface area contributed by atoms with E-state index in [4.69, 9.17) is 4.74 Å². The summed E-state index contributed by atoms with van der Waals surface area (Å²) >= 11 is 0. The molecule has 0 spiro atoms. The zero-order valence-corrected chi connectivity index (χ0v) is 16.4.